The Morgan fingerprint density at radius 3 is 2.53 bits per heavy atom. The average Bonchev–Trinajstić information content (AvgIpc) is 2.73. The normalized spacial score (nSPS) is 10.5. The number of Topliss-reactive ketones (excluding diaryl/α,β-unsaturated/α-hetero) is 1. The van der Waals surface area contributed by atoms with Gasteiger partial charge in [-0.15, -0.1) is 11.3 Å². The van der Waals surface area contributed by atoms with Gasteiger partial charge in [0.15, 0.2) is 11.5 Å². The second-order valence-electron chi connectivity index (χ2n) is 4.02. The molecule has 0 aliphatic rings. The molecule has 6 heteroatoms. The number of hydrogen-bond acceptors (Lipinski definition) is 4. The molecule has 1 N–H and O–H groups in total. The van der Waals surface area contributed by atoms with Crippen molar-refractivity contribution >= 4 is 39.0 Å². The topological polar surface area (TPSA) is 67.3 Å². The molecular weight excluding hydrogens is 330 g/mol. The number of hydrogen-bond donors (Lipinski definition) is 1. The van der Waals surface area contributed by atoms with Gasteiger partial charge in [-0.1, -0.05) is 22.0 Å². The summed E-state index contributed by atoms with van der Waals surface area (Å²) >= 11 is 4.48. The number of halogens is 1. The van der Waals surface area contributed by atoms with Crippen molar-refractivity contribution in [3.8, 4) is 10.6 Å². The van der Waals surface area contributed by atoms with Crippen molar-refractivity contribution in [1.29, 1.82) is 0 Å². The monoisotopic (exact) mass is 339 g/mol. The van der Waals surface area contributed by atoms with Crippen LogP contribution in [0.1, 0.15) is 32.6 Å². The van der Waals surface area contributed by atoms with E-state index >= 15 is 0 Å². The lowest BCUT2D eigenvalue weighted by molar-refractivity contribution is 0.0687. The van der Waals surface area contributed by atoms with E-state index in [0.29, 0.717) is 5.01 Å². The molecule has 0 saturated heterocycles. The van der Waals surface area contributed by atoms with E-state index in [2.05, 4.69) is 20.9 Å². The highest BCUT2D eigenvalue weighted by Gasteiger charge is 2.21. The number of aromatic carboxylic acids is 1. The van der Waals surface area contributed by atoms with E-state index in [1.165, 1.54) is 6.92 Å². The van der Waals surface area contributed by atoms with Crippen LogP contribution in [-0.2, 0) is 0 Å². The van der Waals surface area contributed by atoms with Gasteiger partial charge in [-0.3, -0.25) is 4.79 Å². The summed E-state index contributed by atoms with van der Waals surface area (Å²) < 4.78 is 0.940. The minimum absolute atomic E-state index is 0.171. The summed E-state index contributed by atoms with van der Waals surface area (Å²) in [4.78, 5) is 26.8. The number of benzene rings is 1. The fourth-order valence-electron chi connectivity index (χ4n) is 1.69. The zero-order chi connectivity index (χ0) is 14.2. The zero-order valence-electron chi connectivity index (χ0n) is 10.2. The molecule has 0 atom stereocenters. The lowest BCUT2D eigenvalue weighted by atomic mass is 10.1. The smallest absolute Gasteiger partial charge is 0.356 e. The predicted octanol–water partition coefficient (Wildman–Crippen LogP) is 3.78. The van der Waals surface area contributed by atoms with Crippen LogP contribution in [0.2, 0.25) is 0 Å². The third kappa shape index (κ3) is 2.74. The Labute approximate surface area is 122 Å². The van der Waals surface area contributed by atoms with Gasteiger partial charge >= 0.3 is 5.97 Å². The second kappa shape index (κ2) is 5.22. The summed E-state index contributed by atoms with van der Waals surface area (Å²) in [5, 5.41) is 9.62. The van der Waals surface area contributed by atoms with Gasteiger partial charge in [0.2, 0.25) is 0 Å². The Morgan fingerprint density at radius 1 is 1.37 bits per heavy atom. The van der Waals surface area contributed by atoms with Crippen molar-refractivity contribution < 1.29 is 14.7 Å². The first-order valence-electron chi connectivity index (χ1n) is 5.41. The molecule has 0 amide bonds. The maximum Gasteiger partial charge on any atom is 0.356 e. The number of rotatable bonds is 3. The molecule has 1 heterocycles. The molecule has 0 spiro atoms. The highest BCUT2D eigenvalue weighted by atomic mass is 79.9. The third-order valence-electron chi connectivity index (χ3n) is 2.57. The molecule has 4 nitrogen and oxygen atoms in total. The molecule has 2 rings (SSSR count). The number of carbonyl (C=O) groups is 2. The lowest BCUT2D eigenvalue weighted by Crippen LogP contribution is -2.03. The zero-order valence-corrected chi connectivity index (χ0v) is 12.6. The predicted molar refractivity (Wildman–Crippen MR) is 77.0 cm³/mol. The van der Waals surface area contributed by atoms with E-state index in [9.17, 15) is 9.59 Å². The summed E-state index contributed by atoms with van der Waals surface area (Å²) in [5.41, 5.74) is 1.63. The van der Waals surface area contributed by atoms with E-state index in [1.54, 1.807) is 0 Å². The number of aryl methyl sites for hydroxylation is 1. The Hall–Kier alpha value is -1.53. The van der Waals surface area contributed by atoms with Gasteiger partial charge < -0.3 is 5.11 Å². The first-order valence-corrected chi connectivity index (χ1v) is 7.02. The fourth-order valence-corrected chi connectivity index (χ4v) is 3.20. The van der Waals surface area contributed by atoms with Crippen LogP contribution in [-0.4, -0.2) is 21.8 Å². The van der Waals surface area contributed by atoms with Crippen LogP contribution in [0.3, 0.4) is 0 Å². The van der Waals surface area contributed by atoms with Gasteiger partial charge in [0, 0.05) is 17.0 Å². The van der Waals surface area contributed by atoms with Crippen molar-refractivity contribution in [3.05, 3.63) is 38.8 Å². The molecule has 98 valence electrons. The summed E-state index contributed by atoms with van der Waals surface area (Å²) in [6, 6.07) is 5.63. The second-order valence-corrected chi connectivity index (χ2v) is 5.93. The fraction of sp³-hybridized carbons (Fsp3) is 0.154. The Bertz CT molecular complexity index is 647. The molecule has 0 aliphatic carbocycles. The Kier molecular flexibility index (Phi) is 3.82. The van der Waals surface area contributed by atoms with Crippen molar-refractivity contribution in [1.82, 2.24) is 4.98 Å². The van der Waals surface area contributed by atoms with E-state index in [-0.39, 0.29) is 16.4 Å². The van der Waals surface area contributed by atoms with Gasteiger partial charge in [-0.05, 0) is 24.6 Å². The number of aromatic nitrogens is 1. The van der Waals surface area contributed by atoms with E-state index < -0.39 is 5.97 Å². The Morgan fingerprint density at radius 2 is 2.05 bits per heavy atom. The number of carboxylic acids is 1. The van der Waals surface area contributed by atoms with Crippen molar-refractivity contribution in [2.75, 3.05) is 0 Å². The van der Waals surface area contributed by atoms with Crippen LogP contribution in [0.15, 0.2) is 22.7 Å². The number of thiazole rings is 1. The van der Waals surface area contributed by atoms with E-state index in [0.717, 1.165) is 26.9 Å². The molecule has 0 unspecified atom stereocenters. The molecule has 1 aromatic carbocycles. The Balaban J connectivity index is 2.60. The van der Waals surface area contributed by atoms with Gasteiger partial charge in [0.25, 0.3) is 0 Å². The number of nitrogens with zero attached hydrogens (tertiary/aromatic N) is 1. The molecule has 0 saturated carbocycles. The van der Waals surface area contributed by atoms with Crippen LogP contribution < -0.4 is 0 Å². The van der Waals surface area contributed by atoms with Crippen molar-refractivity contribution in [2.45, 2.75) is 13.8 Å². The van der Waals surface area contributed by atoms with Gasteiger partial charge in [-0.2, -0.15) is 0 Å². The molecule has 0 aliphatic heterocycles. The van der Waals surface area contributed by atoms with Gasteiger partial charge in [0.05, 0.1) is 0 Å². The summed E-state index contributed by atoms with van der Waals surface area (Å²) in [7, 11) is 0. The van der Waals surface area contributed by atoms with Crippen LogP contribution in [0.5, 0.6) is 0 Å². The molecule has 0 fully saturated rings. The SMILES string of the molecule is CC(=O)c1sc(-c2ccc(Br)cc2C)nc1C(=O)O. The number of carboxylic acid groups (broad SMARTS) is 1. The first kappa shape index (κ1) is 13.9. The standard InChI is InChI=1S/C13H10BrNO3S/c1-6-5-8(14)3-4-9(6)12-15-10(13(17)18)11(19-12)7(2)16/h3-5H,1-2H3,(H,17,18). The van der Waals surface area contributed by atoms with E-state index in [1.807, 2.05) is 25.1 Å². The number of carbonyl (C=O) groups excluding carboxylic acids is 1. The maximum absolute atomic E-state index is 11.5. The van der Waals surface area contributed by atoms with Crippen LogP contribution in [0.4, 0.5) is 0 Å². The van der Waals surface area contributed by atoms with E-state index in [4.69, 9.17) is 5.11 Å². The third-order valence-corrected chi connectivity index (χ3v) is 4.25. The molecule has 2 aromatic rings. The van der Waals surface area contributed by atoms with Crippen molar-refractivity contribution in [3.63, 3.8) is 0 Å². The van der Waals surface area contributed by atoms with Gasteiger partial charge in [-0.25, -0.2) is 9.78 Å². The first-order chi connectivity index (χ1) is 8.90. The minimum atomic E-state index is -1.18. The highest BCUT2D eigenvalue weighted by Crippen LogP contribution is 2.32. The molecule has 0 radical (unpaired) electrons. The van der Waals surface area contributed by atoms with Crippen LogP contribution in [0, 0.1) is 6.92 Å². The molecule has 19 heavy (non-hydrogen) atoms. The van der Waals surface area contributed by atoms with Crippen molar-refractivity contribution in [2.24, 2.45) is 0 Å². The maximum atomic E-state index is 11.5. The summed E-state index contributed by atoms with van der Waals surface area (Å²) in [5.74, 6) is -1.46. The largest absolute Gasteiger partial charge is 0.476 e. The molecule has 1 aromatic heterocycles. The van der Waals surface area contributed by atoms with Crippen LogP contribution >= 0.6 is 27.3 Å². The number of ketones is 1. The molecular formula is C13H10BrNO3S. The quantitative estimate of drug-likeness (QED) is 0.864. The summed E-state index contributed by atoms with van der Waals surface area (Å²) in [6.45, 7) is 3.26. The van der Waals surface area contributed by atoms with Gasteiger partial charge in [0.1, 0.15) is 9.88 Å². The molecule has 0 bridgehead atoms. The minimum Gasteiger partial charge on any atom is -0.476 e. The average molecular weight is 340 g/mol. The lowest BCUT2D eigenvalue weighted by Gasteiger charge is -2.02. The van der Waals surface area contributed by atoms with Crippen LogP contribution in [0.25, 0.3) is 10.6 Å². The highest BCUT2D eigenvalue weighted by molar-refractivity contribution is 9.10. The summed E-state index contributed by atoms with van der Waals surface area (Å²) in [6.07, 6.45) is 0.